The maximum atomic E-state index is 13.8. The minimum absolute atomic E-state index is 0.0708. The molecule has 4 rings (SSSR count). The highest BCUT2D eigenvalue weighted by Crippen LogP contribution is 2.58. The summed E-state index contributed by atoms with van der Waals surface area (Å²) in [5.74, 6) is -0.985. The van der Waals surface area contributed by atoms with Crippen molar-refractivity contribution in [3.05, 3.63) is 64.2 Å². The third-order valence-electron chi connectivity index (χ3n) is 7.65. The van der Waals surface area contributed by atoms with Crippen LogP contribution in [0, 0.1) is 0 Å². The summed E-state index contributed by atoms with van der Waals surface area (Å²) in [5, 5.41) is 2.66. The summed E-state index contributed by atoms with van der Waals surface area (Å²) in [7, 11) is 0. The molecule has 0 bridgehead atoms. The molecule has 1 N–H and O–H groups in total. The second-order valence-corrected chi connectivity index (χ2v) is 12.1. The summed E-state index contributed by atoms with van der Waals surface area (Å²) in [4.78, 5) is 39.4. The van der Waals surface area contributed by atoms with E-state index >= 15 is 0 Å². The minimum atomic E-state index is -5.74. The first-order valence-electron chi connectivity index (χ1n) is 14.3. The van der Waals surface area contributed by atoms with E-state index in [1.807, 2.05) is 0 Å². The Balaban J connectivity index is 1.44. The second kappa shape index (κ2) is 11.8. The molecule has 0 spiro atoms. The Kier molecular flexibility index (Phi) is 8.97. The number of urea groups is 1. The van der Waals surface area contributed by atoms with Crippen molar-refractivity contribution in [2.75, 3.05) is 13.2 Å². The van der Waals surface area contributed by atoms with Gasteiger partial charge in [0.2, 0.25) is 0 Å². The monoisotopic (exact) mass is 644 g/mol. The van der Waals surface area contributed by atoms with Crippen molar-refractivity contribution in [3.63, 3.8) is 0 Å². The smallest absolute Gasteiger partial charge is 0.430 e. The van der Waals surface area contributed by atoms with Gasteiger partial charge in [-0.15, -0.1) is 0 Å². The topological polar surface area (TPSA) is 94.2 Å². The number of imide groups is 1. The van der Waals surface area contributed by atoms with Crippen molar-refractivity contribution in [3.8, 4) is 5.75 Å². The van der Waals surface area contributed by atoms with Gasteiger partial charge in [-0.25, -0.2) is 9.59 Å². The highest BCUT2D eigenvalue weighted by atomic mass is 19.4. The molecular weight excluding hydrogens is 610 g/mol. The largest absolute Gasteiger partial charge is 0.493 e. The van der Waals surface area contributed by atoms with Crippen molar-refractivity contribution in [2.24, 2.45) is 0 Å². The first kappa shape index (κ1) is 34.1. The van der Waals surface area contributed by atoms with Crippen LogP contribution < -0.4 is 10.1 Å². The molecule has 0 aliphatic carbocycles. The number of nitrogens with zero attached hydrogens (tertiary/aromatic N) is 1. The third-order valence-corrected chi connectivity index (χ3v) is 7.65. The van der Waals surface area contributed by atoms with E-state index in [4.69, 9.17) is 9.47 Å². The van der Waals surface area contributed by atoms with Gasteiger partial charge < -0.3 is 19.5 Å². The van der Waals surface area contributed by atoms with E-state index in [0.29, 0.717) is 12.0 Å². The van der Waals surface area contributed by atoms with Gasteiger partial charge in [-0.3, -0.25) is 9.69 Å². The molecule has 0 radical (unpaired) electrons. The lowest BCUT2D eigenvalue weighted by Crippen LogP contribution is -2.53. The lowest BCUT2D eigenvalue weighted by molar-refractivity contribution is -0.385. The van der Waals surface area contributed by atoms with Gasteiger partial charge in [-0.1, -0.05) is 31.5 Å². The van der Waals surface area contributed by atoms with E-state index in [9.17, 15) is 40.7 Å². The molecule has 2 aromatic rings. The predicted molar refractivity (Wildman–Crippen MR) is 148 cm³/mol. The van der Waals surface area contributed by atoms with Crippen molar-refractivity contribution in [1.29, 1.82) is 0 Å². The van der Waals surface area contributed by atoms with Crippen LogP contribution >= 0.6 is 0 Å². The maximum absolute atomic E-state index is 13.8. The standard InChI is InChI=1S/C31H34F6N2O6/c1-6-8-20-21-17-44-29(30(32,33)34,31(35,36)37)22(21)13-14-23(20)43-16-7-15-39-25(41)28(5,38-26(39)42)19-11-9-18(10-12-19)24(40)45-27(2,3)4/h9-14H,6-8,15-17H2,1-5H3,(H,38,42). The van der Waals surface area contributed by atoms with Crippen LogP contribution in [0.3, 0.4) is 0 Å². The quantitative estimate of drug-likeness (QED) is 0.142. The SMILES string of the molecule is CCCc1c(OCCCN2C(=O)NC(C)(c3ccc(C(=O)OC(C)(C)C)cc3)C2=O)ccc2c1COC2(C(F)(F)F)C(F)(F)F. The van der Waals surface area contributed by atoms with Crippen molar-refractivity contribution >= 4 is 17.9 Å². The molecule has 2 heterocycles. The number of halogens is 6. The summed E-state index contributed by atoms with van der Waals surface area (Å²) in [6.45, 7) is 7.40. The zero-order chi connectivity index (χ0) is 33.6. The fourth-order valence-corrected chi connectivity index (χ4v) is 5.49. The van der Waals surface area contributed by atoms with Crippen LogP contribution in [0.5, 0.6) is 5.75 Å². The molecule has 8 nitrogen and oxygen atoms in total. The number of alkyl halides is 6. The molecule has 45 heavy (non-hydrogen) atoms. The van der Waals surface area contributed by atoms with Gasteiger partial charge in [-0.05, 0) is 69.9 Å². The number of hydrogen-bond acceptors (Lipinski definition) is 6. The van der Waals surface area contributed by atoms with Crippen LogP contribution in [-0.2, 0) is 38.4 Å². The summed E-state index contributed by atoms with van der Waals surface area (Å²) < 4.78 is 98.2. The fraction of sp³-hybridized carbons (Fsp3) is 0.516. The summed E-state index contributed by atoms with van der Waals surface area (Å²) >= 11 is 0. The number of benzene rings is 2. The maximum Gasteiger partial charge on any atom is 0.430 e. The summed E-state index contributed by atoms with van der Waals surface area (Å²) in [6.07, 6.45) is -10.8. The number of hydrogen-bond donors (Lipinski definition) is 1. The van der Waals surface area contributed by atoms with Crippen molar-refractivity contribution in [2.45, 2.75) is 89.6 Å². The summed E-state index contributed by atoms with van der Waals surface area (Å²) in [6, 6.07) is 7.22. The first-order valence-corrected chi connectivity index (χ1v) is 14.3. The number of esters is 1. The average molecular weight is 645 g/mol. The third kappa shape index (κ3) is 6.21. The number of carbonyl (C=O) groups excluding carboxylic acids is 3. The van der Waals surface area contributed by atoms with Gasteiger partial charge >= 0.3 is 24.4 Å². The molecule has 1 unspecified atom stereocenters. The first-order chi connectivity index (χ1) is 20.8. The lowest BCUT2D eigenvalue weighted by atomic mass is 9.87. The Morgan fingerprint density at radius 2 is 1.62 bits per heavy atom. The molecule has 1 fully saturated rings. The zero-order valence-electron chi connectivity index (χ0n) is 25.4. The Bertz CT molecular complexity index is 1450. The molecule has 0 aromatic heterocycles. The summed E-state index contributed by atoms with van der Waals surface area (Å²) in [5.41, 5.74) is -6.87. The molecule has 3 amide bonds. The molecule has 246 valence electrons. The number of ether oxygens (including phenoxy) is 3. The molecule has 2 aromatic carbocycles. The van der Waals surface area contributed by atoms with Crippen LogP contribution in [0.1, 0.15) is 80.1 Å². The molecule has 1 atom stereocenters. The van der Waals surface area contributed by atoms with Gasteiger partial charge in [0.1, 0.15) is 16.9 Å². The van der Waals surface area contributed by atoms with Gasteiger partial charge in [0.05, 0.1) is 18.8 Å². The molecule has 0 saturated carbocycles. The number of rotatable bonds is 9. The predicted octanol–water partition coefficient (Wildman–Crippen LogP) is 6.68. The van der Waals surface area contributed by atoms with E-state index in [0.717, 1.165) is 17.0 Å². The number of fused-ring (bicyclic) bond motifs is 1. The number of amides is 3. The Morgan fingerprint density at radius 3 is 2.18 bits per heavy atom. The van der Waals surface area contributed by atoms with E-state index in [-0.39, 0.29) is 48.4 Å². The molecular formula is C31H34F6N2O6. The minimum Gasteiger partial charge on any atom is -0.493 e. The Labute approximate surface area is 256 Å². The van der Waals surface area contributed by atoms with Gasteiger partial charge in [0.15, 0.2) is 0 Å². The number of carbonyl (C=O) groups is 3. The molecule has 14 heteroatoms. The Morgan fingerprint density at radius 1 is 1.00 bits per heavy atom. The highest BCUT2D eigenvalue weighted by Gasteiger charge is 2.75. The van der Waals surface area contributed by atoms with E-state index in [2.05, 4.69) is 10.1 Å². The normalized spacial score (nSPS) is 19.8. The van der Waals surface area contributed by atoms with Gasteiger partial charge in [-0.2, -0.15) is 26.3 Å². The lowest BCUT2D eigenvalue weighted by Gasteiger charge is -2.33. The van der Waals surface area contributed by atoms with Crippen LogP contribution in [0.15, 0.2) is 36.4 Å². The van der Waals surface area contributed by atoms with E-state index in [1.165, 1.54) is 19.1 Å². The van der Waals surface area contributed by atoms with E-state index in [1.54, 1.807) is 39.8 Å². The molecule has 1 saturated heterocycles. The van der Waals surface area contributed by atoms with Crippen LogP contribution in [0.2, 0.25) is 0 Å². The van der Waals surface area contributed by atoms with Crippen molar-refractivity contribution < 1.29 is 54.9 Å². The number of nitrogens with one attached hydrogen (secondary N) is 1. The van der Waals surface area contributed by atoms with Crippen LogP contribution in [0.25, 0.3) is 0 Å². The second-order valence-electron chi connectivity index (χ2n) is 12.1. The van der Waals surface area contributed by atoms with Crippen LogP contribution in [-0.4, -0.2) is 53.9 Å². The molecule has 2 aliphatic heterocycles. The zero-order valence-corrected chi connectivity index (χ0v) is 25.4. The molecule has 2 aliphatic rings. The van der Waals surface area contributed by atoms with Crippen molar-refractivity contribution in [1.82, 2.24) is 10.2 Å². The highest BCUT2D eigenvalue weighted by molar-refractivity contribution is 6.07. The fourth-order valence-electron chi connectivity index (χ4n) is 5.49. The Hall–Kier alpha value is -3.81. The van der Waals surface area contributed by atoms with Gasteiger partial charge in [0, 0.05) is 17.7 Å². The van der Waals surface area contributed by atoms with Gasteiger partial charge in [0.25, 0.3) is 11.5 Å². The van der Waals surface area contributed by atoms with Crippen LogP contribution in [0.4, 0.5) is 31.1 Å². The van der Waals surface area contributed by atoms with E-state index < -0.39 is 59.2 Å². The average Bonchev–Trinajstić information content (AvgIpc) is 3.43.